The molecule has 5 nitrogen and oxygen atoms in total. The molecule has 18 heavy (non-hydrogen) atoms. The molecule has 0 aliphatic carbocycles. The normalized spacial score (nSPS) is 13.4. The Morgan fingerprint density at radius 1 is 1.56 bits per heavy atom. The first kappa shape index (κ1) is 14.5. The average Bonchev–Trinajstić information content (AvgIpc) is 2.73. The van der Waals surface area contributed by atoms with Crippen LogP contribution in [0.2, 0.25) is 0 Å². The standard InChI is InChI=1S/C10H15F3N4O/c1-7(14-2)8-3-16-17(4-8)5-9(18)15-6-10(11,12)13/h3-4,7,14H,5-6H2,1-2H3,(H,15,18). The number of nitrogens with one attached hydrogen (secondary N) is 2. The molecule has 1 aromatic heterocycles. The number of amides is 1. The van der Waals surface area contributed by atoms with E-state index in [2.05, 4.69) is 10.4 Å². The van der Waals surface area contributed by atoms with Crippen molar-refractivity contribution in [2.75, 3.05) is 13.6 Å². The largest absolute Gasteiger partial charge is 0.405 e. The van der Waals surface area contributed by atoms with E-state index in [9.17, 15) is 18.0 Å². The van der Waals surface area contributed by atoms with E-state index in [-0.39, 0.29) is 12.6 Å². The van der Waals surface area contributed by atoms with Gasteiger partial charge in [0.1, 0.15) is 13.1 Å². The molecule has 1 rings (SSSR count). The van der Waals surface area contributed by atoms with Crippen molar-refractivity contribution in [2.24, 2.45) is 0 Å². The molecule has 0 aliphatic heterocycles. The minimum atomic E-state index is -4.40. The molecule has 0 saturated carbocycles. The highest BCUT2D eigenvalue weighted by Crippen LogP contribution is 2.12. The van der Waals surface area contributed by atoms with Crippen LogP contribution in [0.25, 0.3) is 0 Å². The van der Waals surface area contributed by atoms with E-state index in [0.717, 1.165) is 5.56 Å². The molecule has 8 heteroatoms. The molecule has 0 radical (unpaired) electrons. The Morgan fingerprint density at radius 2 is 2.22 bits per heavy atom. The highest BCUT2D eigenvalue weighted by atomic mass is 19.4. The number of carbonyl (C=O) groups excluding carboxylic acids is 1. The fourth-order valence-electron chi connectivity index (χ4n) is 1.26. The second-order valence-electron chi connectivity index (χ2n) is 3.87. The quantitative estimate of drug-likeness (QED) is 0.828. The number of aromatic nitrogens is 2. The summed E-state index contributed by atoms with van der Waals surface area (Å²) < 4.78 is 36.9. The van der Waals surface area contributed by atoms with Gasteiger partial charge < -0.3 is 10.6 Å². The van der Waals surface area contributed by atoms with Gasteiger partial charge in [-0.2, -0.15) is 18.3 Å². The van der Waals surface area contributed by atoms with Crippen molar-refractivity contribution < 1.29 is 18.0 Å². The summed E-state index contributed by atoms with van der Waals surface area (Å²) in [6.07, 6.45) is -1.21. The fourth-order valence-corrected chi connectivity index (χ4v) is 1.26. The second kappa shape index (κ2) is 5.85. The van der Waals surface area contributed by atoms with Gasteiger partial charge in [-0.15, -0.1) is 0 Å². The van der Waals surface area contributed by atoms with Crippen LogP contribution >= 0.6 is 0 Å². The van der Waals surface area contributed by atoms with Crippen LogP contribution in [-0.4, -0.2) is 35.5 Å². The summed E-state index contributed by atoms with van der Waals surface area (Å²) in [5.74, 6) is -0.723. The Kier molecular flexibility index (Phi) is 4.71. The molecular weight excluding hydrogens is 249 g/mol. The van der Waals surface area contributed by atoms with Gasteiger partial charge in [0.2, 0.25) is 5.91 Å². The van der Waals surface area contributed by atoms with E-state index in [4.69, 9.17) is 0 Å². The van der Waals surface area contributed by atoms with Gasteiger partial charge in [0, 0.05) is 17.8 Å². The summed E-state index contributed by atoms with van der Waals surface area (Å²) in [4.78, 5) is 11.2. The lowest BCUT2D eigenvalue weighted by atomic mass is 10.2. The highest BCUT2D eigenvalue weighted by Gasteiger charge is 2.27. The van der Waals surface area contributed by atoms with Crippen molar-refractivity contribution in [2.45, 2.75) is 25.7 Å². The highest BCUT2D eigenvalue weighted by molar-refractivity contribution is 5.75. The molecule has 0 fully saturated rings. The maximum absolute atomic E-state index is 11.9. The summed E-state index contributed by atoms with van der Waals surface area (Å²) in [5, 5.41) is 8.68. The lowest BCUT2D eigenvalue weighted by Crippen LogP contribution is -2.35. The van der Waals surface area contributed by atoms with E-state index in [1.165, 1.54) is 4.68 Å². The third-order valence-corrected chi connectivity index (χ3v) is 2.38. The third kappa shape index (κ3) is 4.74. The molecule has 2 N–H and O–H groups in total. The van der Waals surface area contributed by atoms with Crippen LogP contribution < -0.4 is 10.6 Å². The van der Waals surface area contributed by atoms with Gasteiger partial charge >= 0.3 is 6.18 Å². The topological polar surface area (TPSA) is 59.0 Å². The smallest absolute Gasteiger partial charge is 0.345 e. The molecule has 1 unspecified atom stereocenters. The molecule has 1 amide bonds. The molecule has 0 spiro atoms. The first-order valence-corrected chi connectivity index (χ1v) is 5.35. The van der Waals surface area contributed by atoms with Crippen molar-refractivity contribution in [3.05, 3.63) is 18.0 Å². The summed E-state index contributed by atoms with van der Waals surface area (Å²) in [6, 6.07) is 0.0667. The van der Waals surface area contributed by atoms with Crippen LogP contribution in [0.4, 0.5) is 13.2 Å². The van der Waals surface area contributed by atoms with Crippen LogP contribution in [0.15, 0.2) is 12.4 Å². The Hall–Kier alpha value is -1.57. The van der Waals surface area contributed by atoms with Crippen molar-refractivity contribution in [3.8, 4) is 0 Å². The third-order valence-electron chi connectivity index (χ3n) is 2.38. The average molecular weight is 264 g/mol. The number of hydrogen-bond acceptors (Lipinski definition) is 3. The second-order valence-corrected chi connectivity index (χ2v) is 3.87. The van der Waals surface area contributed by atoms with Crippen molar-refractivity contribution in [1.29, 1.82) is 0 Å². The number of rotatable bonds is 5. The predicted molar refractivity (Wildman–Crippen MR) is 58.8 cm³/mol. The van der Waals surface area contributed by atoms with Crippen LogP contribution in [0, 0.1) is 0 Å². The lowest BCUT2D eigenvalue weighted by Gasteiger charge is -2.08. The minimum absolute atomic E-state index is 0.0667. The van der Waals surface area contributed by atoms with Crippen molar-refractivity contribution in [1.82, 2.24) is 20.4 Å². The predicted octanol–water partition coefficient (Wildman–Crippen LogP) is 0.842. The van der Waals surface area contributed by atoms with Crippen LogP contribution in [0.1, 0.15) is 18.5 Å². The van der Waals surface area contributed by atoms with E-state index in [1.807, 2.05) is 6.92 Å². The van der Waals surface area contributed by atoms with E-state index < -0.39 is 18.6 Å². The maximum Gasteiger partial charge on any atom is 0.405 e. The van der Waals surface area contributed by atoms with Gasteiger partial charge in [0.15, 0.2) is 0 Å². The number of nitrogens with zero attached hydrogens (tertiary/aromatic N) is 2. The summed E-state index contributed by atoms with van der Waals surface area (Å²) in [5.41, 5.74) is 0.862. The number of carbonyl (C=O) groups is 1. The summed E-state index contributed by atoms with van der Waals surface area (Å²) in [7, 11) is 1.78. The van der Waals surface area contributed by atoms with Gasteiger partial charge in [-0.3, -0.25) is 9.48 Å². The lowest BCUT2D eigenvalue weighted by molar-refractivity contribution is -0.138. The van der Waals surface area contributed by atoms with Crippen molar-refractivity contribution >= 4 is 5.91 Å². The zero-order chi connectivity index (χ0) is 13.8. The monoisotopic (exact) mass is 264 g/mol. The van der Waals surface area contributed by atoms with Gasteiger partial charge in [0.25, 0.3) is 0 Å². The zero-order valence-electron chi connectivity index (χ0n) is 10.1. The molecule has 0 saturated heterocycles. The molecule has 1 heterocycles. The van der Waals surface area contributed by atoms with Gasteiger partial charge in [-0.1, -0.05) is 0 Å². The number of halogens is 3. The molecule has 0 aliphatic rings. The first-order chi connectivity index (χ1) is 8.31. The van der Waals surface area contributed by atoms with E-state index in [0.29, 0.717) is 0 Å². The van der Waals surface area contributed by atoms with Gasteiger partial charge in [0.05, 0.1) is 6.20 Å². The Labute approximate surface area is 102 Å². The summed E-state index contributed by atoms with van der Waals surface area (Å²) >= 11 is 0. The number of hydrogen-bond donors (Lipinski definition) is 2. The minimum Gasteiger partial charge on any atom is -0.345 e. The van der Waals surface area contributed by atoms with Gasteiger partial charge in [-0.05, 0) is 14.0 Å². The zero-order valence-corrected chi connectivity index (χ0v) is 10.1. The fraction of sp³-hybridized carbons (Fsp3) is 0.600. The number of alkyl halides is 3. The van der Waals surface area contributed by atoms with Gasteiger partial charge in [-0.25, -0.2) is 0 Å². The molecule has 102 valence electrons. The molecule has 0 bridgehead atoms. The maximum atomic E-state index is 11.9. The first-order valence-electron chi connectivity index (χ1n) is 5.35. The Balaban J connectivity index is 2.47. The molecule has 1 aromatic rings. The van der Waals surface area contributed by atoms with E-state index in [1.54, 1.807) is 24.8 Å². The summed E-state index contributed by atoms with van der Waals surface area (Å²) in [6.45, 7) is 0.352. The Bertz CT molecular complexity index is 402. The molecule has 1 atom stereocenters. The van der Waals surface area contributed by atoms with E-state index >= 15 is 0 Å². The van der Waals surface area contributed by atoms with Crippen molar-refractivity contribution in [3.63, 3.8) is 0 Å². The Morgan fingerprint density at radius 3 is 2.78 bits per heavy atom. The van der Waals surface area contributed by atoms with Crippen LogP contribution in [0.3, 0.4) is 0 Å². The van der Waals surface area contributed by atoms with Crippen LogP contribution in [0.5, 0.6) is 0 Å². The van der Waals surface area contributed by atoms with Crippen LogP contribution in [-0.2, 0) is 11.3 Å². The molecule has 0 aromatic carbocycles. The molecular formula is C10H15F3N4O. The SMILES string of the molecule is CNC(C)c1cnn(CC(=O)NCC(F)(F)F)c1.